The lowest BCUT2D eigenvalue weighted by molar-refractivity contribution is -0.135. The summed E-state index contributed by atoms with van der Waals surface area (Å²) in [6, 6.07) is -0.226. The molecule has 94 valence electrons. The molecule has 6 heteroatoms. The molecule has 4 nitrogen and oxygen atoms in total. The third-order valence-corrected chi connectivity index (χ3v) is 4.66. The van der Waals surface area contributed by atoms with Crippen molar-refractivity contribution in [3.05, 3.63) is 0 Å². The summed E-state index contributed by atoms with van der Waals surface area (Å²) < 4.78 is 22.8. The third-order valence-electron chi connectivity index (χ3n) is 2.68. The number of halogens is 1. The number of carbonyl (C=O) groups is 1. The Hall–Kier alpha value is -0.290. The van der Waals surface area contributed by atoms with Crippen molar-refractivity contribution in [1.29, 1.82) is 0 Å². The number of nitrogens with zero attached hydrogens (tertiary/aromatic N) is 1. The Morgan fingerprint density at radius 1 is 1.44 bits per heavy atom. The fraction of sp³-hybridized carbons (Fsp3) is 0.900. The molecule has 0 saturated carbocycles. The first-order valence-corrected chi connectivity index (χ1v) is 7.61. The average molecular weight is 268 g/mol. The second kappa shape index (κ2) is 4.53. The van der Waals surface area contributed by atoms with Crippen LogP contribution < -0.4 is 0 Å². The number of alkyl halides is 1. The van der Waals surface area contributed by atoms with Crippen molar-refractivity contribution in [1.82, 2.24) is 4.90 Å². The largest absolute Gasteiger partial charge is 0.333 e. The van der Waals surface area contributed by atoms with Gasteiger partial charge in [-0.15, -0.1) is 11.6 Å². The molecule has 0 aromatic carbocycles. The lowest BCUT2D eigenvalue weighted by atomic mass is 10.0. The van der Waals surface area contributed by atoms with E-state index in [4.69, 9.17) is 11.6 Å². The van der Waals surface area contributed by atoms with Gasteiger partial charge in [-0.25, -0.2) is 8.42 Å². The van der Waals surface area contributed by atoms with Crippen LogP contribution >= 0.6 is 11.6 Å². The van der Waals surface area contributed by atoms with Crippen molar-refractivity contribution in [2.24, 2.45) is 0 Å². The van der Waals surface area contributed by atoms with Crippen LogP contribution in [-0.2, 0) is 14.6 Å². The van der Waals surface area contributed by atoms with Gasteiger partial charge in [-0.2, -0.15) is 0 Å². The minimum Gasteiger partial charge on any atom is -0.333 e. The van der Waals surface area contributed by atoms with Gasteiger partial charge in [-0.3, -0.25) is 4.79 Å². The minimum atomic E-state index is -2.98. The SMILES string of the molecule is CC(C)(C)N(C(=O)CCl)C1CCS(=O)(=O)C1. The van der Waals surface area contributed by atoms with Gasteiger partial charge >= 0.3 is 0 Å². The molecule has 1 aliphatic rings. The van der Waals surface area contributed by atoms with E-state index in [1.807, 2.05) is 20.8 Å². The van der Waals surface area contributed by atoms with Gasteiger partial charge in [-0.1, -0.05) is 0 Å². The van der Waals surface area contributed by atoms with Gasteiger partial charge in [0, 0.05) is 11.6 Å². The molecule has 0 aromatic rings. The van der Waals surface area contributed by atoms with Crippen LogP contribution in [0.5, 0.6) is 0 Å². The lowest BCUT2D eigenvalue weighted by Gasteiger charge is -2.39. The van der Waals surface area contributed by atoms with E-state index in [0.29, 0.717) is 6.42 Å². The summed E-state index contributed by atoms with van der Waals surface area (Å²) in [5.41, 5.74) is -0.392. The second-order valence-electron chi connectivity index (χ2n) is 5.13. The molecule has 0 spiro atoms. The van der Waals surface area contributed by atoms with Crippen molar-refractivity contribution >= 4 is 27.3 Å². The van der Waals surface area contributed by atoms with Crippen LogP contribution in [0.15, 0.2) is 0 Å². The molecular formula is C10H18ClNO3S. The van der Waals surface area contributed by atoms with E-state index in [0.717, 1.165) is 0 Å². The molecule has 1 fully saturated rings. The van der Waals surface area contributed by atoms with Crippen LogP contribution in [0.3, 0.4) is 0 Å². The Morgan fingerprint density at radius 3 is 2.31 bits per heavy atom. The van der Waals surface area contributed by atoms with Crippen LogP contribution in [0.1, 0.15) is 27.2 Å². The van der Waals surface area contributed by atoms with Crippen molar-refractivity contribution in [2.75, 3.05) is 17.4 Å². The van der Waals surface area contributed by atoms with E-state index in [-0.39, 0.29) is 29.3 Å². The predicted octanol–water partition coefficient (Wildman–Crippen LogP) is 1.04. The number of rotatable bonds is 2. The molecule has 1 aliphatic heterocycles. The first kappa shape index (κ1) is 13.8. The number of hydrogen-bond donors (Lipinski definition) is 0. The average Bonchev–Trinajstić information content (AvgIpc) is 2.43. The molecule has 1 atom stereocenters. The predicted molar refractivity (Wildman–Crippen MR) is 64.4 cm³/mol. The van der Waals surface area contributed by atoms with E-state index in [9.17, 15) is 13.2 Å². The number of hydrogen-bond acceptors (Lipinski definition) is 3. The molecular weight excluding hydrogens is 250 g/mol. The fourth-order valence-corrected chi connectivity index (χ4v) is 4.00. The summed E-state index contributed by atoms with van der Waals surface area (Å²) in [5, 5.41) is 0. The van der Waals surface area contributed by atoms with Gasteiger partial charge < -0.3 is 4.90 Å². The summed E-state index contributed by atoms with van der Waals surface area (Å²) in [7, 11) is -2.98. The zero-order valence-electron chi connectivity index (χ0n) is 9.86. The van der Waals surface area contributed by atoms with Gasteiger partial charge in [0.15, 0.2) is 9.84 Å². The maximum absolute atomic E-state index is 11.8. The molecule has 1 saturated heterocycles. The highest BCUT2D eigenvalue weighted by Gasteiger charge is 2.39. The lowest BCUT2D eigenvalue weighted by Crippen LogP contribution is -2.52. The van der Waals surface area contributed by atoms with Crippen LogP contribution in [0.4, 0.5) is 0 Å². The molecule has 0 N–H and O–H groups in total. The quantitative estimate of drug-likeness (QED) is 0.703. The Morgan fingerprint density at radius 2 is 2.00 bits per heavy atom. The monoisotopic (exact) mass is 267 g/mol. The normalized spacial score (nSPS) is 24.4. The van der Waals surface area contributed by atoms with Crippen molar-refractivity contribution in [2.45, 2.75) is 38.8 Å². The maximum Gasteiger partial charge on any atom is 0.238 e. The van der Waals surface area contributed by atoms with E-state index >= 15 is 0 Å². The van der Waals surface area contributed by atoms with Crippen LogP contribution in [0, 0.1) is 0 Å². The molecule has 0 aromatic heterocycles. The van der Waals surface area contributed by atoms with E-state index in [1.54, 1.807) is 4.90 Å². The molecule has 1 heterocycles. The standard InChI is InChI=1S/C10H18ClNO3S/c1-10(2,3)12(9(13)6-11)8-4-5-16(14,15)7-8/h8H,4-7H2,1-3H3. The zero-order valence-corrected chi connectivity index (χ0v) is 11.4. The highest BCUT2D eigenvalue weighted by molar-refractivity contribution is 7.91. The molecule has 0 aliphatic carbocycles. The molecule has 1 amide bonds. The first-order chi connectivity index (χ1) is 7.17. The van der Waals surface area contributed by atoms with Crippen LogP contribution in [-0.4, -0.2) is 48.2 Å². The highest BCUT2D eigenvalue weighted by Crippen LogP contribution is 2.25. The van der Waals surface area contributed by atoms with Gasteiger partial charge in [0.05, 0.1) is 11.5 Å². The molecule has 1 rings (SSSR count). The zero-order chi connectivity index (χ0) is 12.6. The molecule has 1 unspecified atom stereocenters. The second-order valence-corrected chi connectivity index (χ2v) is 7.62. The fourth-order valence-electron chi connectivity index (χ4n) is 2.17. The Kier molecular flexibility index (Phi) is 3.90. The van der Waals surface area contributed by atoms with Gasteiger partial charge in [-0.05, 0) is 27.2 Å². The smallest absolute Gasteiger partial charge is 0.238 e. The van der Waals surface area contributed by atoms with Crippen molar-refractivity contribution < 1.29 is 13.2 Å². The number of amides is 1. The van der Waals surface area contributed by atoms with Gasteiger partial charge in [0.1, 0.15) is 5.88 Å². The molecule has 0 radical (unpaired) electrons. The van der Waals surface area contributed by atoms with E-state index < -0.39 is 15.4 Å². The summed E-state index contributed by atoms with van der Waals surface area (Å²) >= 11 is 5.56. The molecule has 0 bridgehead atoms. The summed E-state index contributed by atoms with van der Waals surface area (Å²) in [4.78, 5) is 13.4. The Labute approximate surface area is 102 Å². The van der Waals surface area contributed by atoms with Crippen LogP contribution in [0.2, 0.25) is 0 Å². The van der Waals surface area contributed by atoms with Crippen molar-refractivity contribution in [3.63, 3.8) is 0 Å². The summed E-state index contributed by atoms with van der Waals surface area (Å²) in [5.74, 6) is -0.0724. The summed E-state index contributed by atoms with van der Waals surface area (Å²) in [6.45, 7) is 5.67. The van der Waals surface area contributed by atoms with E-state index in [1.165, 1.54) is 0 Å². The van der Waals surface area contributed by atoms with Crippen molar-refractivity contribution in [3.8, 4) is 0 Å². The molecule has 16 heavy (non-hydrogen) atoms. The Balaban J connectivity index is 2.92. The Bertz CT molecular complexity index is 372. The topological polar surface area (TPSA) is 54.5 Å². The number of carbonyl (C=O) groups excluding carboxylic acids is 1. The third kappa shape index (κ3) is 3.10. The highest BCUT2D eigenvalue weighted by atomic mass is 35.5. The maximum atomic E-state index is 11.8. The minimum absolute atomic E-state index is 0.0624. The van der Waals surface area contributed by atoms with Crippen LogP contribution in [0.25, 0.3) is 0 Å². The van der Waals surface area contributed by atoms with Gasteiger partial charge in [0.2, 0.25) is 5.91 Å². The summed E-state index contributed by atoms with van der Waals surface area (Å²) in [6.07, 6.45) is 0.516. The van der Waals surface area contributed by atoms with E-state index in [2.05, 4.69) is 0 Å². The number of sulfone groups is 1. The first-order valence-electron chi connectivity index (χ1n) is 5.26. The van der Waals surface area contributed by atoms with Gasteiger partial charge in [0.25, 0.3) is 0 Å².